The lowest BCUT2D eigenvalue weighted by Gasteiger charge is -2.30. The number of carbonyl (C=O) groups is 2. The first-order valence-electron chi connectivity index (χ1n) is 4.32. The molecule has 1 heterocycles. The van der Waals surface area contributed by atoms with Gasteiger partial charge in [-0.15, -0.1) is 0 Å². The SMILES string of the molecule is CC(=O)C(C)[N+]1(C)C=CN=C1C(N)=O. The van der Waals surface area contributed by atoms with Crippen molar-refractivity contribution in [3.63, 3.8) is 0 Å². The molecule has 2 unspecified atom stereocenters. The molecule has 0 saturated carbocycles. The fourth-order valence-electron chi connectivity index (χ4n) is 1.43. The Morgan fingerprint density at radius 2 is 2.14 bits per heavy atom. The second-order valence-electron chi connectivity index (χ2n) is 3.55. The van der Waals surface area contributed by atoms with E-state index in [-0.39, 0.29) is 22.1 Å². The monoisotopic (exact) mass is 196 g/mol. The normalized spacial score (nSPS) is 27.2. The van der Waals surface area contributed by atoms with Gasteiger partial charge in [0.25, 0.3) is 5.84 Å². The molecule has 1 aliphatic heterocycles. The number of ketones is 1. The van der Waals surface area contributed by atoms with Gasteiger partial charge in [0, 0.05) is 6.92 Å². The molecule has 2 N–H and O–H groups in total. The van der Waals surface area contributed by atoms with E-state index in [0.717, 1.165) is 0 Å². The van der Waals surface area contributed by atoms with Crippen LogP contribution in [0.25, 0.3) is 0 Å². The number of quaternary nitrogens is 1. The van der Waals surface area contributed by atoms with Crippen molar-refractivity contribution in [2.45, 2.75) is 19.9 Å². The predicted octanol–water partition coefficient (Wildman–Crippen LogP) is -0.221. The summed E-state index contributed by atoms with van der Waals surface area (Å²) >= 11 is 0. The van der Waals surface area contributed by atoms with Crippen LogP contribution in [0.15, 0.2) is 17.4 Å². The molecule has 0 aliphatic carbocycles. The minimum Gasteiger partial charge on any atom is -0.359 e. The van der Waals surface area contributed by atoms with Crippen LogP contribution in [0.4, 0.5) is 0 Å². The van der Waals surface area contributed by atoms with Crippen molar-refractivity contribution in [3.05, 3.63) is 12.4 Å². The fraction of sp³-hybridized carbons (Fsp3) is 0.444. The van der Waals surface area contributed by atoms with Crippen LogP contribution in [0.3, 0.4) is 0 Å². The number of Topliss-reactive ketones (excluding diaryl/α,β-unsaturated/α-hetero) is 1. The zero-order chi connectivity index (χ0) is 10.9. The first-order chi connectivity index (χ1) is 6.39. The van der Waals surface area contributed by atoms with Gasteiger partial charge in [0.2, 0.25) is 0 Å². The molecule has 1 rings (SSSR count). The average molecular weight is 196 g/mol. The number of nitrogens with zero attached hydrogens (tertiary/aromatic N) is 2. The minimum atomic E-state index is -0.592. The van der Waals surface area contributed by atoms with Gasteiger partial charge in [-0.25, -0.2) is 4.48 Å². The summed E-state index contributed by atoms with van der Waals surface area (Å²) < 4.78 is 0.0602. The lowest BCUT2D eigenvalue weighted by atomic mass is 10.1. The van der Waals surface area contributed by atoms with Crippen molar-refractivity contribution < 1.29 is 14.1 Å². The lowest BCUT2D eigenvalue weighted by molar-refractivity contribution is -0.777. The molecule has 1 amide bonds. The van der Waals surface area contributed by atoms with Crippen LogP contribution in [0.1, 0.15) is 13.8 Å². The maximum atomic E-state index is 11.2. The number of nitrogens with two attached hydrogens (primary N) is 1. The number of aliphatic imine (C=N–C) groups is 1. The number of likely N-dealkylation sites (N-methyl/N-ethyl adjacent to an activating group) is 1. The molecule has 2 atom stereocenters. The molecular formula is C9H14N3O2+. The maximum absolute atomic E-state index is 11.2. The Balaban J connectivity index is 3.06. The molecule has 0 aromatic heterocycles. The molecule has 1 aliphatic rings. The van der Waals surface area contributed by atoms with Crippen molar-refractivity contribution in [2.24, 2.45) is 10.7 Å². The van der Waals surface area contributed by atoms with Crippen LogP contribution in [0.2, 0.25) is 0 Å². The molecule has 5 heteroatoms. The van der Waals surface area contributed by atoms with E-state index in [1.165, 1.54) is 13.1 Å². The highest BCUT2D eigenvalue weighted by molar-refractivity contribution is 6.35. The maximum Gasteiger partial charge on any atom is 0.324 e. The van der Waals surface area contributed by atoms with Crippen molar-refractivity contribution in [1.29, 1.82) is 0 Å². The van der Waals surface area contributed by atoms with Crippen LogP contribution in [-0.2, 0) is 9.59 Å². The predicted molar refractivity (Wildman–Crippen MR) is 52.1 cm³/mol. The summed E-state index contributed by atoms with van der Waals surface area (Å²) in [6.45, 7) is 3.23. The standard InChI is InChI=1S/C9H13N3O2/c1-6(7(2)13)12(3)5-4-11-9(12)8(10)14/h4-6H,1-3H3,(H-,10,14)/p+1. The number of primary amides is 1. The Morgan fingerprint density at radius 1 is 1.57 bits per heavy atom. The molecule has 0 radical (unpaired) electrons. The minimum absolute atomic E-state index is 0.00648. The average Bonchev–Trinajstić information content (AvgIpc) is 2.47. The third kappa shape index (κ3) is 1.46. The summed E-state index contributed by atoms with van der Waals surface area (Å²) in [6, 6.07) is -0.347. The van der Waals surface area contributed by atoms with E-state index in [2.05, 4.69) is 4.99 Å². The molecule has 76 valence electrons. The Labute approximate surface area is 82.5 Å². The van der Waals surface area contributed by atoms with E-state index in [1.54, 1.807) is 20.2 Å². The van der Waals surface area contributed by atoms with Crippen molar-refractivity contribution >= 4 is 17.5 Å². The Kier molecular flexibility index (Phi) is 2.53. The van der Waals surface area contributed by atoms with E-state index in [9.17, 15) is 9.59 Å². The van der Waals surface area contributed by atoms with E-state index in [4.69, 9.17) is 5.73 Å². The number of amides is 1. The first kappa shape index (κ1) is 10.6. The van der Waals surface area contributed by atoms with Crippen LogP contribution >= 0.6 is 0 Å². The van der Waals surface area contributed by atoms with E-state index < -0.39 is 5.91 Å². The molecule has 0 fully saturated rings. The highest BCUT2D eigenvalue weighted by Crippen LogP contribution is 2.19. The van der Waals surface area contributed by atoms with Crippen LogP contribution < -0.4 is 5.73 Å². The summed E-state index contributed by atoms with van der Waals surface area (Å²) in [5, 5.41) is 0. The van der Waals surface area contributed by atoms with Gasteiger partial charge in [0.05, 0.1) is 13.2 Å². The summed E-state index contributed by atoms with van der Waals surface area (Å²) in [5.41, 5.74) is 5.17. The Hall–Kier alpha value is -1.49. The second kappa shape index (κ2) is 3.34. The number of carbonyl (C=O) groups excluding carboxylic acids is 2. The third-order valence-electron chi connectivity index (χ3n) is 2.64. The fourth-order valence-corrected chi connectivity index (χ4v) is 1.43. The second-order valence-corrected chi connectivity index (χ2v) is 3.55. The number of rotatable bonds is 3. The zero-order valence-corrected chi connectivity index (χ0v) is 8.52. The van der Waals surface area contributed by atoms with Gasteiger partial charge in [-0.05, 0) is 6.92 Å². The topological polar surface area (TPSA) is 72.5 Å². The van der Waals surface area contributed by atoms with Crippen molar-refractivity contribution in [1.82, 2.24) is 0 Å². The van der Waals surface area contributed by atoms with Gasteiger partial charge in [0.1, 0.15) is 6.20 Å². The molecule has 0 spiro atoms. The third-order valence-corrected chi connectivity index (χ3v) is 2.64. The molecular weight excluding hydrogens is 182 g/mol. The number of hydrogen-bond acceptors (Lipinski definition) is 3. The molecule has 5 nitrogen and oxygen atoms in total. The summed E-state index contributed by atoms with van der Waals surface area (Å²) in [4.78, 5) is 26.2. The molecule has 14 heavy (non-hydrogen) atoms. The van der Waals surface area contributed by atoms with Crippen molar-refractivity contribution in [2.75, 3.05) is 7.05 Å². The quantitative estimate of drug-likeness (QED) is 0.634. The zero-order valence-electron chi connectivity index (χ0n) is 8.52. The highest BCUT2D eigenvalue weighted by Gasteiger charge is 2.41. The Morgan fingerprint density at radius 3 is 2.57 bits per heavy atom. The van der Waals surface area contributed by atoms with Gasteiger partial charge in [-0.1, -0.05) is 0 Å². The van der Waals surface area contributed by atoms with Gasteiger partial charge in [-0.2, -0.15) is 4.99 Å². The van der Waals surface area contributed by atoms with E-state index in [1.807, 2.05) is 0 Å². The van der Waals surface area contributed by atoms with Gasteiger partial charge in [0.15, 0.2) is 11.8 Å². The van der Waals surface area contributed by atoms with E-state index >= 15 is 0 Å². The molecule has 0 bridgehead atoms. The van der Waals surface area contributed by atoms with E-state index in [0.29, 0.717) is 0 Å². The summed E-state index contributed by atoms with van der Waals surface area (Å²) in [6.07, 6.45) is 3.19. The smallest absolute Gasteiger partial charge is 0.324 e. The van der Waals surface area contributed by atoms with Crippen LogP contribution in [0, 0.1) is 0 Å². The summed E-state index contributed by atoms with van der Waals surface area (Å²) in [5.74, 6) is -0.397. The Bertz CT molecular complexity index is 346. The molecule has 0 aromatic carbocycles. The van der Waals surface area contributed by atoms with Crippen LogP contribution in [0.5, 0.6) is 0 Å². The van der Waals surface area contributed by atoms with Crippen molar-refractivity contribution in [3.8, 4) is 0 Å². The largest absolute Gasteiger partial charge is 0.359 e. The molecule has 0 aromatic rings. The van der Waals surface area contributed by atoms with Gasteiger partial charge in [-0.3, -0.25) is 9.59 Å². The summed E-state index contributed by atoms with van der Waals surface area (Å²) in [7, 11) is 1.74. The number of amidine groups is 1. The molecule has 0 saturated heterocycles. The highest BCUT2D eigenvalue weighted by atomic mass is 16.2. The first-order valence-corrected chi connectivity index (χ1v) is 4.32. The lowest BCUT2D eigenvalue weighted by Crippen LogP contribution is -2.56. The van der Waals surface area contributed by atoms with Crippen LogP contribution in [-0.4, -0.2) is 35.1 Å². The van der Waals surface area contributed by atoms with Gasteiger partial charge < -0.3 is 5.73 Å². The number of hydrogen-bond donors (Lipinski definition) is 1. The van der Waals surface area contributed by atoms with Gasteiger partial charge >= 0.3 is 5.91 Å².